The van der Waals surface area contributed by atoms with Crippen molar-refractivity contribution >= 4 is 15.9 Å². The first-order chi connectivity index (χ1) is 5.04. The van der Waals surface area contributed by atoms with Crippen molar-refractivity contribution in [3.8, 4) is 0 Å². The summed E-state index contributed by atoms with van der Waals surface area (Å²) >= 11 is 2.99. The average molecular weight is 192 g/mol. The lowest BCUT2D eigenvalue weighted by atomic mass is 10.4. The largest absolute Gasteiger partial charge is 0.257 e. The van der Waals surface area contributed by atoms with Crippen molar-refractivity contribution in [2.45, 2.75) is 6.92 Å². The van der Waals surface area contributed by atoms with Gasteiger partial charge in [0.15, 0.2) is 0 Å². The first kappa shape index (κ1) is 4.39. The van der Waals surface area contributed by atoms with Crippen molar-refractivity contribution in [2.24, 2.45) is 0 Å². The zero-order chi connectivity index (χ0) is 8.59. The highest BCUT2D eigenvalue weighted by Crippen LogP contribution is 2.13. The molecule has 0 saturated carbocycles. The molecule has 0 aliphatic rings. The fraction of sp³-hybridized carbons (Fsp3) is 0.167. The Hall–Kier alpha value is -0.440. The van der Waals surface area contributed by atoms with E-state index in [1.54, 1.807) is 6.92 Å². The van der Waals surface area contributed by atoms with E-state index in [-0.39, 0.29) is 6.04 Å². The summed E-state index contributed by atoms with van der Waals surface area (Å²) in [6, 6.07) is -0.303. The second-order valence-corrected chi connectivity index (χ2v) is 2.35. The zero-order valence-corrected chi connectivity index (χ0v) is 6.29. The van der Waals surface area contributed by atoms with Crippen LogP contribution in [0.1, 0.15) is 8.44 Å². The van der Waals surface area contributed by atoms with Crippen molar-refractivity contribution in [2.75, 3.05) is 0 Å². The molecule has 0 aromatic carbocycles. The molecule has 0 spiro atoms. The molecule has 1 rings (SSSR count). The SMILES string of the molecule is [2H]c1nc(C)c(Br)c([2H])c1F. The number of hydrogen-bond donors (Lipinski definition) is 0. The van der Waals surface area contributed by atoms with Crippen LogP contribution in [0.15, 0.2) is 16.7 Å². The van der Waals surface area contributed by atoms with Gasteiger partial charge in [-0.05, 0) is 28.9 Å². The number of aromatic nitrogens is 1. The highest BCUT2D eigenvalue weighted by molar-refractivity contribution is 9.10. The zero-order valence-electron chi connectivity index (χ0n) is 6.70. The van der Waals surface area contributed by atoms with Gasteiger partial charge in [-0.2, -0.15) is 0 Å². The Bertz CT molecular complexity index is 277. The fourth-order valence-electron chi connectivity index (χ4n) is 0.397. The Labute approximate surface area is 63.9 Å². The molecule has 1 nitrogen and oxygen atoms in total. The lowest BCUT2D eigenvalue weighted by Gasteiger charge is -1.93. The average Bonchev–Trinajstić information content (AvgIpc) is 1.97. The van der Waals surface area contributed by atoms with Crippen molar-refractivity contribution < 1.29 is 7.13 Å². The van der Waals surface area contributed by atoms with Crippen LogP contribution >= 0.6 is 15.9 Å². The van der Waals surface area contributed by atoms with E-state index in [1.807, 2.05) is 0 Å². The molecule has 0 amide bonds. The summed E-state index contributed by atoms with van der Waals surface area (Å²) in [5.41, 5.74) is 0.460. The predicted octanol–water partition coefficient (Wildman–Crippen LogP) is 2.29. The molecule has 1 aromatic rings. The van der Waals surface area contributed by atoms with Crippen LogP contribution in [-0.4, -0.2) is 4.98 Å². The second-order valence-electron chi connectivity index (χ2n) is 1.56. The minimum atomic E-state index is -0.887. The Morgan fingerprint density at radius 3 is 3.22 bits per heavy atom. The molecule has 0 atom stereocenters. The maximum absolute atomic E-state index is 12.7. The van der Waals surface area contributed by atoms with Crippen LogP contribution in [0.25, 0.3) is 0 Å². The molecule has 0 unspecified atom stereocenters. The third kappa shape index (κ3) is 1.48. The highest BCUT2D eigenvalue weighted by Gasteiger charge is 1.95. The molecule has 0 saturated heterocycles. The maximum atomic E-state index is 12.7. The standard InChI is InChI=1S/C6H5BrFN/c1-4-6(7)2-5(8)3-9-4/h2-3H,1H3/i2D,3D. The van der Waals surface area contributed by atoms with E-state index >= 15 is 0 Å². The van der Waals surface area contributed by atoms with E-state index in [1.165, 1.54) is 0 Å². The molecule has 0 N–H and O–H groups in total. The van der Waals surface area contributed by atoms with E-state index in [0.717, 1.165) is 0 Å². The van der Waals surface area contributed by atoms with Gasteiger partial charge < -0.3 is 0 Å². The molecule has 0 aliphatic carbocycles. The number of halogens is 2. The lowest BCUT2D eigenvalue weighted by molar-refractivity contribution is 0.619. The summed E-state index contributed by atoms with van der Waals surface area (Å²) in [4.78, 5) is 3.56. The van der Waals surface area contributed by atoms with Crippen molar-refractivity contribution in [3.63, 3.8) is 0 Å². The van der Waals surface area contributed by atoms with Gasteiger partial charge in [0.2, 0.25) is 0 Å². The summed E-state index contributed by atoms with van der Waals surface area (Å²) in [5, 5.41) is 0. The summed E-state index contributed by atoms with van der Waals surface area (Å²) < 4.78 is 27.1. The van der Waals surface area contributed by atoms with Gasteiger partial charge in [0.1, 0.15) is 5.82 Å². The molecule has 0 radical (unpaired) electrons. The molecular formula is C6H5BrFN. The number of nitrogens with zero attached hydrogens (tertiary/aromatic N) is 1. The number of aryl methyl sites for hydroxylation is 1. The van der Waals surface area contributed by atoms with Crippen molar-refractivity contribution in [1.29, 1.82) is 0 Å². The minimum Gasteiger partial charge on any atom is -0.257 e. The molecule has 9 heavy (non-hydrogen) atoms. The molecule has 0 bridgehead atoms. The van der Waals surface area contributed by atoms with Gasteiger partial charge in [0.05, 0.1) is 14.6 Å². The van der Waals surface area contributed by atoms with E-state index in [0.29, 0.717) is 10.2 Å². The second kappa shape index (κ2) is 2.43. The molecule has 0 aliphatic heterocycles. The Kier molecular flexibility index (Phi) is 1.19. The van der Waals surface area contributed by atoms with Crippen LogP contribution in [-0.2, 0) is 0 Å². The van der Waals surface area contributed by atoms with Crippen molar-refractivity contribution in [3.05, 3.63) is 28.2 Å². The number of rotatable bonds is 0. The summed E-state index contributed by atoms with van der Waals surface area (Å²) in [5.74, 6) is -0.887. The van der Waals surface area contributed by atoms with E-state index in [4.69, 9.17) is 2.74 Å². The predicted molar refractivity (Wildman–Crippen MR) is 36.6 cm³/mol. The van der Waals surface area contributed by atoms with Gasteiger partial charge in [-0.1, -0.05) is 0 Å². The monoisotopic (exact) mass is 191 g/mol. The van der Waals surface area contributed by atoms with Crippen LogP contribution in [0.4, 0.5) is 4.39 Å². The fourth-order valence-corrected chi connectivity index (χ4v) is 0.659. The van der Waals surface area contributed by atoms with Crippen LogP contribution in [0.2, 0.25) is 0 Å². The van der Waals surface area contributed by atoms with Crippen LogP contribution in [0, 0.1) is 12.7 Å². The Morgan fingerprint density at radius 2 is 2.56 bits per heavy atom. The van der Waals surface area contributed by atoms with Gasteiger partial charge >= 0.3 is 0 Å². The third-order valence-corrected chi connectivity index (χ3v) is 1.63. The van der Waals surface area contributed by atoms with E-state index < -0.39 is 12.0 Å². The third-order valence-electron chi connectivity index (χ3n) is 0.859. The molecule has 1 heterocycles. The van der Waals surface area contributed by atoms with Crippen molar-refractivity contribution in [1.82, 2.24) is 4.98 Å². The molecular weight excluding hydrogens is 185 g/mol. The van der Waals surface area contributed by atoms with Crippen LogP contribution < -0.4 is 0 Å². The normalized spacial score (nSPS) is 12.8. The van der Waals surface area contributed by atoms with E-state index in [2.05, 4.69) is 20.9 Å². The van der Waals surface area contributed by atoms with Crippen LogP contribution in [0.3, 0.4) is 0 Å². The summed E-state index contributed by atoms with van der Waals surface area (Å²) in [6.07, 6.45) is -0.476. The minimum absolute atomic E-state index is 0.303. The first-order valence-corrected chi connectivity index (χ1v) is 3.12. The summed E-state index contributed by atoms with van der Waals surface area (Å²) in [7, 11) is 0. The number of hydrogen-bond acceptors (Lipinski definition) is 1. The van der Waals surface area contributed by atoms with Gasteiger partial charge in [-0.3, -0.25) is 4.98 Å². The highest BCUT2D eigenvalue weighted by atomic mass is 79.9. The molecule has 0 fully saturated rings. The maximum Gasteiger partial charge on any atom is 0.142 e. The van der Waals surface area contributed by atoms with Gasteiger partial charge in [-0.25, -0.2) is 4.39 Å². The molecule has 48 valence electrons. The van der Waals surface area contributed by atoms with Gasteiger partial charge in [0.25, 0.3) is 0 Å². The van der Waals surface area contributed by atoms with Gasteiger partial charge in [-0.15, -0.1) is 0 Å². The lowest BCUT2D eigenvalue weighted by Crippen LogP contribution is -1.83. The van der Waals surface area contributed by atoms with E-state index in [9.17, 15) is 4.39 Å². The topological polar surface area (TPSA) is 12.9 Å². The quantitative estimate of drug-likeness (QED) is 0.614. The number of pyridine rings is 1. The Morgan fingerprint density at radius 1 is 1.89 bits per heavy atom. The Balaban J connectivity index is 3.46. The van der Waals surface area contributed by atoms with Gasteiger partial charge in [0, 0.05) is 4.47 Å². The summed E-state index contributed by atoms with van der Waals surface area (Å²) in [6.45, 7) is 1.61. The molecule has 3 heteroatoms. The smallest absolute Gasteiger partial charge is 0.142 e. The first-order valence-electron chi connectivity index (χ1n) is 3.33. The molecule has 1 aromatic heterocycles. The van der Waals surface area contributed by atoms with Crippen LogP contribution in [0.5, 0.6) is 0 Å².